The number of benzene rings is 1. The van der Waals surface area contributed by atoms with Crippen LogP contribution in [0.2, 0.25) is 0 Å². The highest BCUT2D eigenvalue weighted by molar-refractivity contribution is 8.01. The average Bonchev–Trinajstić information content (AvgIpc) is 3.37. The number of hydrogen-bond donors (Lipinski definition) is 3. The van der Waals surface area contributed by atoms with Gasteiger partial charge in [0.25, 0.3) is 11.8 Å². The van der Waals surface area contributed by atoms with Crippen LogP contribution in [0, 0.1) is 0 Å². The fourth-order valence-corrected chi connectivity index (χ4v) is 6.49. The molecule has 2 aliphatic heterocycles. The van der Waals surface area contributed by atoms with Gasteiger partial charge in [-0.05, 0) is 17.7 Å². The summed E-state index contributed by atoms with van der Waals surface area (Å²) in [4.78, 5) is 55.0. The molecular weight excluding hydrogens is 532 g/mol. The van der Waals surface area contributed by atoms with Crippen LogP contribution in [-0.4, -0.2) is 79.8 Å². The highest BCUT2D eigenvalue weighted by Crippen LogP contribution is 2.41. The summed E-state index contributed by atoms with van der Waals surface area (Å²) in [5.74, 6) is -1.73. The monoisotopic (exact) mass is 550 g/mol. The molecule has 1 aromatic carbocycles. The Morgan fingerprint density at radius 1 is 1.39 bits per heavy atom. The first-order valence-electron chi connectivity index (χ1n) is 10.1. The predicted octanol–water partition coefficient (Wildman–Crippen LogP) is 0.877. The quantitative estimate of drug-likeness (QED) is 0.174. The van der Waals surface area contributed by atoms with Gasteiger partial charge in [-0.3, -0.25) is 14.5 Å². The fraction of sp³-hybridized carbons (Fsp3) is 0.250. The van der Waals surface area contributed by atoms with Crippen molar-refractivity contribution in [2.75, 3.05) is 18.6 Å². The third-order valence-corrected chi connectivity index (χ3v) is 8.26. The van der Waals surface area contributed by atoms with E-state index in [1.807, 2.05) is 0 Å². The van der Waals surface area contributed by atoms with Crippen LogP contribution in [0.1, 0.15) is 5.56 Å². The normalized spacial score (nSPS) is 19.3. The van der Waals surface area contributed by atoms with Crippen molar-refractivity contribution in [3.63, 3.8) is 0 Å². The molecule has 1 fully saturated rings. The number of carbonyl (C=O) groups excluding carboxylic acids is 3. The van der Waals surface area contributed by atoms with Crippen LogP contribution in [-0.2, 0) is 19.2 Å². The largest absolute Gasteiger partial charge is 0.477 e. The summed E-state index contributed by atoms with van der Waals surface area (Å²) in [6.07, 6.45) is -1.03. The van der Waals surface area contributed by atoms with Gasteiger partial charge in [-0.15, -0.1) is 22.0 Å². The highest BCUT2D eigenvalue weighted by Gasteiger charge is 2.54. The first-order valence-corrected chi connectivity index (χ1v) is 13.0. The van der Waals surface area contributed by atoms with Crippen molar-refractivity contribution in [3.05, 3.63) is 46.6 Å². The molecule has 3 heterocycles. The number of hydrogen-bond acceptors (Lipinski definition) is 12. The smallest absolute Gasteiger partial charge is 0.409 e. The number of nitrogens with one attached hydrogen (secondary N) is 1. The number of thioether (sulfide) groups is 2. The van der Waals surface area contributed by atoms with Gasteiger partial charge in [0.1, 0.15) is 35.5 Å². The van der Waals surface area contributed by atoms with Crippen molar-refractivity contribution in [2.45, 2.75) is 15.8 Å². The van der Waals surface area contributed by atoms with Crippen LogP contribution in [0.15, 0.2) is 50.5 Å². The Labute approximate surface area is 216 Å². The number of aromatic nitrogens is 2. The number of nitrogens with two attached hydrogens (primary N) is 1. The maximum absolute atomic E-state index is 13.0. The van der Waals surface area contributed by atoms with Crippen molar-refractivity contribution >= 4 is 64.4 Å². The second-order valence-electron chi connectivity index (χ2n) is 7.18. The average molecular weight is 551 g/mol. The third kappa shape index (κ3) is 5.29. The molecule has 1 saturated heterocycles. The number of aliphatic carboxylic acids is 1. The van der Waals surface area contributed by atoms with Crippen molar-refractivity contribution in [1.82, 2.24) is 20.4 Å². The minimum absolute atomic E-state index is 0.0838. The maximum atomic E-state index is 13.0. The Kier molecular flexibility index (Phi) is 7.76. The van der Waals surface area contributed by atoms with Crippen molar-refractivity contribution < 1.29 is 33.9 Å². The molecule has 3 amide bonds. The molecule has 2 atom stereocenters. The lowest BCUT2D eigenvalue weighted by Gasteiger charge is -2.49. The summed E-state index contributed by atoms with van der Waals surface area (Å²) in [6, 6.07) is 4.90. The molecule has 4 N–H and O–H groups in total. The van der Waals surface area contributed by atoms with Crippen LogP contribution in [0.4, 0.5) is 4.79 Å². The zero-order valence-corrected chi connectivity index (χ0v) is 20.9. The SMILES string of the molecule is CON=C(C(=O)NC1C(=O)N2C(C(=O)O)=C(CSc3nncs3)CS[C@@H]12)c1cccc(OC(N)=O)c1. The molecule has 1 aromatic heterocycles. The zero-order chi connectivity index (χ0) is 25.8. The fourth-order valence-electron chi connectivity index (χ4n) is 3.52. The number of amides is 3. The van der Waals surface area contributed by atoms with Crippen LogP contribution in [0.5, 0.6) is 5.75 Å². The van der Waals surface area contributed by atoms with Gasteiger partial charge in [-0.2, -0.15) is 0 Å². The molecule has 1 unspecified atom stereocenters. The van der Waals surface area contributed by atoms with E-state index in [-0.39, 0.29) is 22.7 Å². The predicted molar refractivity (Wildman–Crippen MR) is 131 cm³/mol. The Hall–Kier alpha value is -3.63. The van der Waals surface area contributed by atoms with E-state index < -0.39 is 35.3 Å². The molecule has 2 aliphatic rings. The summed E-state index contributed by atoms with van der Waals surface area (Å²) in [7, 11) is 1.25. The molecule has 36 heavy (non-hydrogen) atoms. The van der Waals surface area contributed by atoms with Crippen LogP contribution in [0.3, 0.4) is 0 Å². The number of oxime groups is 1. The molecule has 0 radical (unpaired) electrons. The first-order chi connectivity index (χ1) is 17.3. The van der Waals surface area contributed by atoms with Crippen molar-refractivity contribution in [3.8, 4) is 5.75 Å². The lowest BCUT2D eigenvalue weighted by atomic mass is 10.0. The molecule has 16 heteroatoms. The van der Waals surface area contributed by atoms with E-state index in [0.29, 0.717) is 21.4 Å². The molecule has 0 aliphatic carbocycles. The molecular formula is C20H18N6O7S3. The highest BCUT2D eigenvalue weighted by atomic mass is 32.2. The lowest BCUT2D eigenvalue weighted by molar-refractivity contribution is -0.150. The number of β-lactam (4-membered cyclic amide) rings is 1. The minimum Gasteiger partial charge on any atom is -0.477 e. The zero-order valence-electron chi connectivity index (χ0n) is 18.4. The first kappa shape index (κ1) is 25.5. The minimum atomic E-state index is -1.22. The Bertz CT molecular complexity index is 1270. The van der Waals surface area contributed by atoms with Gasteiger partial charge in [0.05, 0.1) is 0 Å². The molecule has 4 rings (SSSR count). The molecule has 0 spiro atoms. The van der Waals surface area contributed by atoms with Gasteiger partial charge in [0.15, 0.2) is 10.1 Å². The van der Waals surface area contributed by atoms with E-state index >= 15 is 0 Å². The third-order valence-electron chi connectivity index (χ3n) is 4.97. The standard InChI is InChI=1S/C20H18N6O7S3/c1-32-25-12(9-3-2-4-11(5-9)33-19(21)31)15(27)23-13-16(28)26-14(18(29)30)10(6-34-17(13)26)7-35-20-24-22-8-36-20/h2-5,8,13,17H,6-7H2,1H3,(H2,21,31)(H,23,27)(H,29,30)/t13?,17-/m0/s1. The van der Waals surface area contributed by atoms with E-state index in [9.17, 15) is 24.3 Å². The van der Waals surface area contributed by atoms with Crippen molar-refractivity contribution in [1.29, 1.82) is 0 Å². The molecule has 188 valence electrons. The number of nitrogens with zero attached hydrogens (tertiary/aromatic N) is 4. The molecule has 2 aromatic rings. The van der Waals surface area contributed by atoms with Gasteiger partial charge >= 0.3 is 12.1 Å². The summed E-state index contributed by atoms with van der Waals surface area (Å²) in [6.45, 7) is 0. The molecule has 0 saturated carbocycles. The summed E-state index contributed by atoms with van der Waals surface area (Å²) in [5.41, 5.74) is 7.17. The van der Waals surface area contributed by atoms with Gasteiger partial charge < -0.3 is 25.7 Å². The Morgan fingerprint density at radius 3 is 2.86 bits per heavy atom. The molecule has 13 nitrogen and oxygen atoms in total. The topological polar surface area (TPSA) is 186 Å². The summed E-state index contributed by atoms with van der Waals surface area (Å²) in [5, 5.41) is 23.2. The Morgan fingerprint density at radius 2 is 2.19 bits per heavy atom. The number of carbonyl (C=O) groups is 4. The Balaban J connectivity index is 1.49. The van der Waals surface area contributed by atoms with Crippen LogP contribution < -0.4 is 15.8 Å². The number of fused-ring (bicyclic) bond motifs is 1. The molecule has 0 bridgehead atoms. The van der Waals surface area contributed by atoms with E-state index in [1.165, 1.54) is 71.1 Å². The number of carboxylic acid groups (broad SMARTS) is 1. The summed E-state index contributed by atoms with van der Waals surface area (Å²) < 4.78 is 5.52. The number of ether oxygens (including phenoxy) is 1. The number of rotatable bonds is 9. The van der Waals surface area contributed by atoms with Gasteiger partial charge in [0.2, 0.25) is 0 Å². The number of primary amides is 1. The van der Waals surface area contributed by atoms with Gasteiger partial charge in [0, 0.05) is 17.1 Å². The van der Waals surface area contributed by atoms with Crippen LogP contribution >= 0.6 is 34.9 Å². The van der Waals surface area contributed by atoms with Crippen molar-refractivity contribution in [2.24, 2.45) is 10.9 Å². The van der Waals surface area contributed by atoms with E-state index in [2.05, 4.69) is 20.7 Å². The van der Waals surface area contributed by atoms with E-state index in [1.54, 1.807) is 5.51 Å². The van der Waals surface area contributed by atoms with Gasteiger partial charge in [-0.25, -0.2) is 9.59 Å². The second kappa shape index (κ2) is 11.0. The van der Waals surface area contributed by atoms with Gasteiger partial charge in [-0.1, -0.05) is 40.4 Å². The second-order valence-corrected chi connectivity index (χ2v) is 10.3. The van der Waals surface area contributed by atoms with E-state index in [4.69, 9.17) is 15.3 Å². The lowest BCUT2D eigenvalue weighted by Crippen LogP contribution is -2.71. The number of carboxylic acids is 1. The summed E-state index contributed by atoms with van der Waals surface area (Å²) >= 11 is 4.02. The van der Waals surface area contributed by atoms with E-state index in [0.717, 1.165) is 0 Å². The van der Waals surface area contributed by atoms with Crippen LogP contribution in [0.25, 0.3) is 0 Å². The maximum Gasteiger partial charge on any atom is 0.409 e.